The van der Waals surface area contributed by atoms with Crippen LogP contribution in [0, 0.1) is 19.7 Å². The van der Waals surface area contributed by atoms with Crippen LogP contribution in [-0.2, 0) is 20.1 Å². The van der Waals surface area contributed by atoms with Crippen molar-refractivity contribution in [1.29, 1.82) is 0 Å². The van der Waals surface area contributed by atoms with Gasteiger partial charge in [0.2, 0.25) is 5.88 Å². The van der Waals surface area contributed by atoms with Gasteiger partial charge in [-0.2, -0.15) is 5.10 Å². The van der Waals surface area contributed by atoms with Crippen molar-refractivity contribution in [3.8, 4) is 22.9 Å². The largest absolute Gasteiger partial charge is 0.435 e. The lowest BCUT2D eigenvalue weighted by atomic mass is 10.1. The van der Waals surface area contributed by atoms with Crippen LogP contribution >= 0.6 is 0 Å². The molecular weight excluding hydrogens is 419 g/mol. The van der Waals surface area contributed by atoms with Crippen LogP contribution in [0.4, 0.5) is 4.39 Å². The fourth-order valence-corrected chi connectivity index (χ4v) is 3.99. The van der Waals surface area contributed by atoms with Gasteiger partial charge in [0.05, 0.1) is 5.69 Å². The van der Waals surface area contributed by atoms with Crippen molar-refractivity contribution in [3.63, 3.8) is 0 Å². The van der Waals surface area contributed by atoms with Crippen molar-refractivity contribution in [2.24, 2.45) is 7.05 Å². The highest BCUT2D eigenvalue weighted by Gasteiger charge is 2.32. The molecule has 166 valence electrons. The number of halogens is 1. The predicted molar refractivity (Wildman–Crippen MR) is 122 cm³/mol. The Kier molecular flexibility index (Phi) is 5.17. The number of benzene rings is 2. The molecule has 4 aromatic rings. The SMILES string of the molecule is Cc1cc(F)c(Oc2nccc3c2C(=O)N(Cc2ccc(-c4ccn(C)n4)cc2)C3)cc1C. The van der Waals surface area contributed by atoms with Crippen molar-refractivity contribution in [2.75, 3.05) is 0 Å². The molecular formula is C26H23FN4O2. The van der Waals surface area contributed by atoms with Crippen molar-refractivity contribution < 1.29 is 13.9 Å². The van der Waals surface area contributed by atoms with E-state index >= 15 is 0 Å². The number of nitrogens with zero attached hydrogens (tertiary/aromatic N) is 4. The molecule has 0 unspecified atom stereocenters. The molecule has 0 saturated heterocycles. The number of hydrogen-bond acceptors (Lipinski definition) is 4. The zero-order valence-corrected chi connectivity index (χ0v) is 18.7. The molecule has 0 spiro atoms. The van der Waals surface area contributed by atoms with Gasteiger partial charge in [0, 0.05) is 38.1 Å². The van der Waals surface area contributed by atoms with Gasteiger partial charge in [-0.15, -0.1) is 0 Å². The minimum absolute atomic E-state index is 0.0651. The molecule has 33 heavy (non-hydrogen) atoms. The molecule has 2 aromatic heterocycles. The Morgan fingerprint density at radius 2 is 1.82 bits per heavy atom. The molecule has 0 saturated carbocycles. The van der Waals surface area contributed by atoms with Gasteiger partial charge in [-0.3, -0.25) is 9.48 Å². The summed E-state index contributed by atoms with van der Waals surface area (Å²) in [7, 11) is 1.88. The number of ether oxygens (including phenoxy) is 1. The molecule has 0 N–H and O–H groups in total. The second-order valence-corrected chi connectivity index (χ2v) is 8.35. The first kappa shape index (κ1) is 20.9. The highest BCUT2D eigenvalue weighted by Crippen LogP contribution is 2.34. The van der Waals surface area contributed by atoms with Crippen LogP contribution in [0.15, 0.2) is 60.9 Å². The molecule has 0 atom stereocenters. The fraction of sp³-hybridized carbons (Fsp3) is 0.192. The first-order valence-electron chi connectivity index (χ1n) is 10.7. The third-order valence-electron chi connectivity index (χ3n) is 5.96. The van der Waals surface area contributed by atoms with E-state index in [1.165, 1.54) is 6.07 Å². The maximum Gasteiger partial charge on any atom is 0.260 e. The molecule has 0 bridgehead atoms. The summed E-state index contributed by atoms with van der Waals surface area (Å²) >= 11 is 0. The Morgan fingerprint density at radius 1 is 1.06 bits per heavy atom. The van der Waals surface area contributed by atoms with E-state index in [9.17, 15) is 9.18 Å². The summed E-state index contributed by atoms with van der Waals surface area (Å²) < 4.78 is 22.0. The van der Waals surface area contributed by atoms with Gasteiger partial charge >= 0.3 is 0 Å². The van der Waals surface area contributed by atoms with E-state index in [4.69, 9.17) is 4.74 Å². The predicted octanol–water partition coefficient (Wildman–Crippen LogP) is 5.19. The molecule has 5 rings (SSSR count). The first-order chi connectivity index (χ1) is 15.9. The molecule has 6 nitrogen and oxygen atoms in total. The molecule has 2 aromatic carbocycles. The minimum Gasteiger partial charge on any atom is -0.435 e. The van der Waals surface area contributed by atoms with Gasteiger partial charge in [-0.1, -0.05) is 24.3 Å². The number of carbonyl (C=O) groups is 1. The zero-order valence-electron chi connectivity index (χ0n) is 18.7. The third kappa shape index (κ3) is 3.98. The van der Waals surface area contributed by atoms with Gasteiger partial charge < -0.3 is 9.64 Å². The van der Waals surface area contributed by atoms with Crippen LogP contribution in [0.2, 0.25) is 0 Å². The van der Waals surface area contributed by atoms with Crippen LogP contribution in [0.5, 0.6) is 11.6 Å². The van der Waals surface area contributed by atoms with Crippen LogP contribution in [-0.4, -0.2) is 25.6 Å². The molecule has 1 aliphatic heterocycles. The van der Waals surface area contributed by atoms with E-state index in [1.807, 2.05) is 57.4 Å². The lowest BCUT2D eigenvalue weighted by molar-refractivity contribution is 0.0764. The van der Waals surface area contributed by atoms with Gasteiger partial charge in [0.15, 0.2) is 11.6 Å². The molecule has 3 heterocycles. The number of fused-ring (bicyclic) bond motifs is 1. The molecule has 7 heteroatoms. The Morgan fingerprint density at radius 3 is 2.55 bits per heavy atom. The average Bonchev–Trinajstić information content (AvgIpc) is 3.36. The topological polar surface area (TPSA) is 60.2 Å². The number of aryl methyl sites for hydroxylation is 3. The summed E-state index contributed by atoms with van der Waals surface area (Å²) in [4.78, 5) is 19.2. The smallest absolute Gasteiger partial charge is 0.260 e. The highest BCUT2D eigenvalue weighted by atomic mass is 19.1. The van der Waals surface area contributed by atoms with Gasteiger partial charge in [0.1, 0.15) is 5.56 Å². The second-order valence-electron chi connectivity index (χ2n) is 8.35. The van der Waals surface area contributed by atoms with E-state index in [0.717, 1.165) is 33.5 Å². The summed E-state index contributed by atoms with van der Waals surface area (Å²) in [6.45, 7) is 4.62. The average molecular weight is 442 g/mol. The lowest BCUT2D eigenvalue weighted by Crippen LogP contribution is -2.23. The maximum atomic E-state index is 14.4. The Labute approximate surface area is 191 Å². The quantitative estimate of drug-likeness (QED) is 0.427. The van der Waals surface area contributed by atoms with Gasteiger partial charge in [-0.05, 0) is 60.4 Å². The van der Waals surface area contributed by atoms with Crippen LogP contribution in [0.3, 0.4) is 0 Å². The number of hydrogen-bond donors (Lipinski definition) is 0. The van der Waals surface area contributed by atoms with Crippen molar-refractivity contribution >= 4 is 5.91 Å². The Bertz CT molecular complexity index is 1360. The lowest BCUT2D eigenvalue weighted by Gasteiger charge is -2.16. The summed E-state index contributed by atoms with van der Waals surface area (Å²) in [6, 6.07) is 14.8. The normalized spacial score (nSPS) is 12.8. The monoisotopic (exact) mass is 442 g/mol. The van der Waals surface area contributed by atoms with Crippen molar-refractivity contribution in [2.45, 2.75) is 26.9 Å². The fourth-order valence-electron chi connectivity index (χ4n) is 3.99. The van der Waals surface area contributed by atoms with E-state index in [1.54, 1.807) is 27.9 Å². The molecule has 1 aliphatic rings. The van der Waals surface area contributed by atoms with E-state index in [0.29, 0.717) is 18.7 Å². The molecule has 1 amide bonds. The molecule has 0 radical (unpaired) electrons. The molecule has 0 fully saturated rings. The van der Waals surface area contributed by atoms with Crippen molar-refractivity contribution in [3.05, 3.63) is 94.6 Å². The van der Waals surface area contributed by atoms with Gasteiger partial charge in [0.25, 0.3) is 5.91 Å². The van der Waals surface area contributed by atoms with Crippen molar-refractivity contribution in [1.82, 2.24) is 19.7 Å². The first-order valence-corrected chi connectivity index (χ1v) is 10.7. The summed E-state index contributed by atoms with van der Waals surface area (Å²) in [6.07, 6.45) is 3.49. The zero-order chi connectivity index (χ0) is 23.1. The van der Waals surface area contributed by atoms with E-state index in [2.05, 4.69) is 10.1 Å². The summed E-state index contributed by atoms with van der Waals surface area (Å²) in [5.41, 5.74) is 5.88. The van der Waals surface area contributed by atoms with Crippen LogP contribution in [0.25, 0.3) is 11.3 Å². The number of aromatic nitrogens is 3. The number of amides is 1. The number of rotatable bonds is 5. The van der Waals surface area contributed by atoms with Gasteiger partial charge in [-0.25, -0.2) is 9.37 Å². The highest BCUT2D eigenvalue weighted by molar-refractivity contribution is 6.00. The summed E-state index contributed by atoms with van der Waals surface area (Å²) in [5.74, 6) is -0.457. The Balaban J connectivity index is 1.36. The second kappa shape index (κ2) is 8.16. The Hall–Kier alpha value is -4.00. The standard InChI is InChI=1S/C26H23FN4O2/c1-16-12-21(27)23(13-17(16)2)33-25-24-20(8-10-28-25)15-31(26(24)32)14-18-4-6-19(7-5-18)22-9-11-30(3)29-22/h4-13H,14-15H2,1-3H3. The number of carbonyl (C=O) groups excluding carboxylic acids is 1. The van der Waals surface area contributed by atoms with Crippen LogP contribution in [0.1, 0.15) is 32.6 Å². The number of pyridine rings is 1. The van der Waals surface area contributed by atoms with Crippen LogP contribution < -0.4 is 4.74 Å². The van der Waals surface area contributed by atoms with E-state index < -0.39 is 5.82 Å². The minimum atomic E-state index is -0.479. The molecule has 0 aliphatic carbocycles. The summed E-state index contributed by atoms with van der Waals surface area (Å²) in [5, 5.41) is 4.42. The maximum absolute atomic E-state index is 14.4. The van der Waals surface area contributed by atoms with E-state index in [-0.39, 0.29) is 17.5 Å². The third-order valence-corrected chi connectivity index (χ3v) is 5.96.